The van der Waals surface area contributed by atoms with Crippen LogP contribution in [0.4, 0.5) is 0 Å². The van der Waals surface area contributed by atoms with Gasteiger partial charge >= 0.3 is 11.7 Å². The quantitative estimate of drug-likeness (QED) is 0.748. The van der Waals surface area contributed by atoms with E-state index in [9.17, 15) is 19.5 Å². The Bertz CT molecular complexity index is 623. The van der Waals surface area contributed by atoms with Crippen LogP contribution in [0.3, 0.4) is 0 Å². The fourth-order valence-electron chi connectivity index (χ4n) is 2.04. The second kappa shape index (κ2) is 5.84. The van der Waals surface area contributed by atoms with Crippen LogP contribution in [0.15, 0.2) is 15.8 Å². The number of aromatic nitrogens is 2. The fourth-order valence-corrected chi connectivity index (χ4v) is 3.47. The third kappa shape index (κ3) is 3.13. The van der Waals surface area contributed by atoms with E-state index in [0.717, 1.165) is 0 Å². The van der Waals surface area contributed by atoms with Gasteiger partial charge in [0, 0.05) is 25.1 Å². The SMILES string of the molecule is CC(=O)OCC1S[C@H](n2cc(C)c(=O)[nH]c2=O)C[C@H]1O. The van der Waals surface area contributed by atoms with E-state index >= 15 is 0 Å². The molecule has 20 heavy (non-hydrogen) atoms. The maximum Gasteiger partial charge on any atom is 0.329 e. The molecule has 110 valence electrons. The lowest BCUT2D eigenvalue weighted by Gasteiger charge is -2.14. The van der Waals surface area contributed by atoms with Crippen LogP contribution < -0.4 is 11.2 Å². The summed E-state index contributed by atoms with van der Waals surface area (Å²) in [6, 6.07) is 0. The van der Waals surface area contributed by atoms with Gasteiger partial charge in [0.25, 0.3) is 5.56 Å². The molecule has 1 aromatic heterocycles. The number of aromatic amines is 1. The summed E-state index contributed by atoms with van der Waals surface area (Å²) < 4.78 is 6.29. The van der Waals surface area contributed by atoms with Crippen LogP contribution in [-0.2, 0) is 9.53 Å². The van der Waals surface area contributed by atoms with Gasteiger partial charge in [-0.1, -0.05) is 0 Å². The van der Waals surface area contributed by atoms with Gasteiger partial charge in [-0.2, -0.15) is 0 Å². The standard InChI is InChI=1S/C12H16N2O5S/c1-6-4-14(12(18)13-11(6)17)10-3-8(16)9(20-10)5-19-7(2)15/h4,8-10,16H,3,5H2,1-2H3,(H,13,17,18)/t8-,9?,10+/m1/s1. The molecule has 1 aliphatic heterocycles. The van der Waals surface area contributed by atoms with Crippen molar-refractivity contribution in [1.82, 2.24) is 9.55 Å². The molecule has 2 heterocycles. The molecule has 1 aromatic rings. The third-order valence-corrected chi connectivity index (χ3v) is 4.64. The highest BCUT2D eigenvalue weighted by Gasteiger charge is 2.36. The molecule has 2 rings (SSSR count). The zero-order chi connectivity index (χ0) is 14.9. The van der Waals surface area contributed by atoms with Crippen molar-refractivity contribution in [1.29, 1.82) is 0 Å². The average Bonchev–Trinajstić information content (AvgIpc) is 2.72. The minimum absolute atomic E-state index is 0.106. The number of carbonyl (C=O) groups is 1. The molecule has 3 atom stereocenters. The van der Waals surface area contributed by atoms with E-state index in [1.165, 1.54) is 29.4 Å². The maximum absolute atomic E-state index is 11.8. The van der Waals surface area contributed by atoms with Crippen LogP contribution in [-0.4, -0.2) is 38.6 Å². The normalized spacial score (nSPS) is 25.6. The smallest absolute Gasteiger partial charge is 0.329 e. The Labute approximate surface area is 119 Å². The lowest BCUT2D eigenvalue weighted by Crippen LogP contribution is -2.32. The lowest BCUT2D eigenvalue weighted by atomic mass is 10.2. The molecule has 0 bridgehead atoms. The summed E-state index contributed by atoms with van der Waals surface area (Å²) >= 11 is 1.36. The molecular formula is C12H16N2O5S. The Kier molecular flexibility index (Phi) is 4.34. The van der Waals surface area contributed by atoms with Crippen LogP contribution in [0.1, 0.15) is 24.3 Å². The topological polar surface area (TPSA) is 101 Å². The molecule has 0 amide bonds. The molecule has 2 N–H and O–H groups in total. The number of aliphatic hydroxyl groups excluding tert-OH is 1. The second-order valence-corrected chi connectivity index (χ2v) is 6.14. The number of rotatable bonds is 3. The van der Waals surface area contributed by atoms with Gasteiger partial charge in [-0.15, -0.1) is 11.8 Å². The first-order valence-corrected chi connectivity index (χ1v) is 7.11. The molecule has 8 heteroatoms. The lowest BCUT2D eigenvalue weighted by molar-refractivity contribution is -0.141. The third-order valence-electron chi connectivity index (χ3n) is 3.11. The number of nitrogens with zero attached hydrogens (tertiary/aromatic N) is 1. The van der Waals surface area contributed by atoms with E-state index in [0.29, 0.717) is 12.0 Å². The van der Waals surface area contributed by atoms with Crippen LogP contribution in [0, 0.1) is 6.92 Å². The van der Waals surface area contributed by atoms with Crippen molar-refractivity contribution in [3.63, 3.8) is 0 Å². The first kappa shape index (κ1) is 14.9. The van der Waals surface area contributed by atoms with Crippen LogP contribution >= 0.6 is 11.8 Å². The first-order valence-electron chi connectivity index (χ1n) is 6.17. The van der Waals surface area contributed by atoms with Crippen LogP contribution in [0.5, 0.6) is 0 Å². The van der Waals surface area contributed by atoms with Crippen molar-refractivity contribution >= 4 is 17.7 Å². The molecule has 1 aliphatic rings. The molecule has 0 radical (unpaired) electrons. The molecule has 1 fully saturated rings. The number of hydrogen-bond acceptors (Lipinski definition) is 6. The number of nitrogens with one attached hydrogen (secondary N) is 1. The summed E-state index contributed by atoms with van der Waals surface area (Å²) in [4.78, 5) is 36.1. The Morgan fingerprint density at radius 1 is 1.60 bits per heavy atom. The Balaban J connectivity index is 2.16. The highest BCUT2D eigenvalue weighted by Crippen LogP contribution is 2.40. The molecular weight excluding hydrogens is 284 g/mol. The summed E-state index contributed by atoms with van der Waals surface area (Å²) in [6.07, 6.45) is 1.19. The summed E-state index contributed by atoms with van der Waals surface area (Å²) in [5.41, 5.74) is -0.479. The summed E-state index contributed by atoms with van der Waals surface area (Å²) in [5.74, 6) is -0.404. The van der Waals surface area contributed by atoms with Crippen molar-refractivity contribution in [3.8, 4) is 0 Å². The minimum Gasteiger partial charge on any atom is -0.465 e. The zero-order valence-corrected chi connectivity index (χ0v) is 12.0. The van der Waals surface area contributed by atoms with Gasteiger partial charge in [0.2, 0.25) is 0 Å². The number of aliphatic hydroxyl groups is 1. The molecule has 0 aliphatic carbocycles. The molecule has 1 saturated heterocycles. The number of aryl methyl sites for hydroxylation is 1. The van der Waals surface area contributed by atoms with Gasteiger partial charge in [0.05, 0.1) is 16.7 Å². The van der Waals surface area contributed by atoms with E-state index < -0.39 is 23.3 Å². The van der Waals surface area contributed by atoms with Crippen molar-refractivity contribution in [3.05, 3.63) is 32.6 Å². The molecule has 0 saturated carbocycles. The monoisotopic (exact) mass is 300 g/mol. The van der Waals surface area contributed by atoms with Gasteiger partial charge in [-0.25, -0.2) is 4.79 Å². The Morgan fingerprint density at radius 2 is 2.30 bits per heavy atom. The largest absolute Gasteiger partial charge is 0.465 e. The predicted molar refractivity (Wildman–Crippen MR) is 73.7 cm³/mol. The fraction of sp³-hybridized carbons (Fsp3) is 0.583. The first-order chi connectivity index (χ1) is 9.38. The second-order valence-electron chi connectivity index (χ2n) is 4.71. The highest BCUT2D eigenvalue weighted by molar-refractivity contribution is 8.00. The number of hydrogen-bond donors (Lipinski definition) is 2. The van der Waals surface area contributed by atoms with Gasteiger partial charge in [-0.05, 0) is 6.92 Å². The van der Waals surface area contributed by atoms with Crippen LogP contribution in [0.2, 0.25) is 0 Å². The van der Waals surface area contributed by atoms with E-state index in [4.69, 9.17) is 4.74 Å². The molecule has 0 spiro atoms. The van der Waals surface area contributed by atoms with Gasteiger partial charge in [0.1, 0.15) is 6.61 Å². The zero-order valence-electron chi connectivity index (χ0n) is 11.2. The average molecular weight is 300 g/mol. The summed E-state index contributed by atoms with van der Waals surface area (Å²) in [7, 11) is 0. The molecule has 0 aromatic carbocycles. The van der Waals surface area contributed by atoms with Crippen LogP contribution in [0.25, 0.3) is 0 Å². The van der Waals surface area contributed by atoms with E-state index in [2.05, 4.69) is 4.98 Å². The Morgan fingerprint density at radius 3 is 2.95 bits per heavy atom. The van der Waals surface area contributed by atoms with Gasteiger partial charge in [-0.3, -0.25) is 19.1 Å². The minimum atomic E-state index is -0.663. The highest BCUT2D eigenvalue weighted by atomic mass is 32.2. The number of thioether (sulfide) groups is 1. The maximum atomic E-state index is 11.8. The van der Waals surface area contributed by atoms with Crippen molar-refractivity contribution in [2.45, 2.75) is 37.0 Å². The van der Waals surface area contributed by atoms with E-state index in [-0.39, 0.29) is 17.2 Å². The predicted octanol–water partition coefficient (Wildman–Crippen LogP) is -0.227. The number of H-pyrrole nitrogens is 1. The molecule has 7 nitrogen and oxygen atoms in total. The number of ether oxygens (including phenoxy) is 1. The number of esters is 1. The number of carbonyl (C=O) groups excluding carboxylic acids is 1. The van der Waals surface area contributed by atoms with E-state index in [1.54, 1.807) is 6.92 Å². The summed E-state index contributed by atoms with van der Waals surface area (Å²) in [6.45, 7) is 3.02. The van der Waals surface area contributed by atoms with Crippen molar-refractivity contribution < 1.29 is 14.6 Å². The molecule has 1 unspecified atom stereocenters. The summed E-state index contributed by atoms with van der Waals surface area (Å²) in [5, 5.41) is 9.39. The van der Waals surface area contributed by atoms with Gasteiger partial charge in [0.15, 0.2) is 0 Å². The van der Waals surface area contributed by atoms with Gasteiger partial charge < -0.3 is 9.84 Å². The van der Waals surface area contributed by atoms with Crippen molar-refractivity contribution in [2.24, 2.45) is 0 Å². The van der Waals surface area contributed by atoms with Crippen molar-refractivity contribution in [2.75, 3.05) is 6.61 Å². The Hall–Kier alpha value is -1.54. The van der Waals surface area contributed by atoms with E-state index in [1.807, 2.05) is 0 Å².